The zero-order valence-corrected chi connectivity index (χ0v) is 11.8. The molecule has 0 saturated carbocycles. The van der Waals surface area contributed by atoms with Gasteiger partial charge in [-0.2, -0.15) is 15.0 Å². The molecule has 0 amide bonds. The van der Waals surface area contributed by atoms with Crippen LogP contribution in [0.2, 0.25) is 0 Å². The summed E-state index contributed by atoms with van der Waals surface area (Å²) in [6.45, 7) is 3.83. The molecule has 0 saturated heterocycles. The third kappa shape index (κ3) is 4.94. The first kappa shape index (κ1) is 16.2. The van der Waals surface area contributed by atoms with Crippen LogP contribution in [-0.4, -0.2) is 26.0 Å². The number of nitrogen functional groups attached to an aromatic ring is 2. The van der Waals surface area contributed by atoms with Gasteiger partial charge < -0.3 is 21.3 Å². The van der Waals surface area contributed by atoms with Gasteiger partial charge in [-0.1, -0.05) is 13.8 Å². The number of rotatable bonds is 3. The number of hydrogen-bond acceptors (Lipinski definition) is 8. The van der Waals surface area contributed by atoms with Crippen molar-refractivity contribution < 1.29 is 14.6 Å². The fraction of sp³-hybridized carbons (Fsp3) is 0.231. The van der Waals surface area contributed by atoms with Gasteiger partial charge in [-0.3, -0.25) is 0 Å². The number of benzene rings is 1. The Morgan fingerprint density at radius 1 is 1.10 bits per heavy atom. The van der Waals surface area contributed by atoms with Crippen LogP contribution in [0.3, 0.4) is 0 Å². The van der Waals surface area contributed by atoms with Crippen molar-refractivity contribution >= 4 is 17.9 Å². The summed E-state index contributed by atoms with van der Waals surface area (Å²) in [4.78, 5) is 22.8. The van der Waals surface area contributed by atoms with E-state index >= 15 is 0 Å². The highest BCUT2D eigenvalue weighted by Gasteiger charge is 2.09. The number of ether oxygens (including phenoxy) is 1. The summed E-state index contributed by atoms with van der Waals surface area (Å²) in [6.07, 6.45) is 0. The Morgan fingerprint density at radius 2 is 1.62 bits per heavy atom. The van der Waals surface area contributed by atoms with Crippen molar-refractivity contribution in [3.8, 4) is 5.75 Å². The second-order valence-corrected chi connectivity index (χ2v) is 3.59. The van der Waals surface area contributed by atoms with Gasteiger partial charge in [-0.05, 0) is 24.3 Å². The van der Waals surface area contributed by atoms with Crippen molar-refractivity contribution in [3.05, 3.63) is 35.7 Å². The molecule has 0 fully saturated rings. The van der Waals surface area contributed by atoms with Gasteiger partial charge in [-0.15, -0.1) is 0 Å². The summed E-state index contributed by atoms with van der Waals surface area (Å²) in [5.41, 5.74) is 11.1. The molecule has 8 nitrogen and oxygen atoms in total. The van der Waals surface area contributed by atoms with Crippen LogP contribution < -0.4 is 11.5 Å². The molecule has 2 aromatic rings. The van der Waals surface area contributed by atoms with Crippen LogP contribution in [-0.2, 0) is 11.3 Å². The lowest BCUT2D eigenvalue weighted by Crippen LogP contribution is -2.11. The minimum atomic E-state index is -0.572. The average Bonchev–Trinajstić information content (AvgIpc) is 2.47. The maximum absolute atomic E-state index is 11.7. The molecule has 0 aliphatic rings. The van der Waals surface area contributed by atoms with Crippen molar-refractivity contribution in [2.75, 3.05) is 11.5 Å². The van der Waals surface area contributed by atoms with Crippen LogP contribution in [0.1, 0.15) is 30.0 Å². The number of hydrogen-bond donors (Lipinski definition) is 3. The van der Waals surface area contributed by atoms with Crippen LogP contribution in [0, 0.1) is 0 Å². The molecule has 0 radical (unpaired) electrons. The van der Waals surface area contributed by atoms with Crippen LogP contribution in [0.5, 0.6) is 5.75 Å². The van der Waals surface area contributed by atoms with Gasteiger partial charge in [0.2, 0.25) is 11.9 Å². The molecular weight excluding hydrogens is 274 g/mol. The van der Waals surface area contributed by atoms with Crippen LogP contribution in [0.25, 0.3) is 0 Å². The first-order valence-electron chi connectivity index (χ1n) is 6.26. The Labute approximate surface area is 121 Å². The number of carbonyl (C=O) groups is 1. The number of aromatic hydroxyl groups is 1. The summed E-state index contributed by atoms with van der Waals surface area (Å²) in [5.74, 6) is -0.421. The lowest BCUT2D eigenvalue weighted by atomic mass is 10.2. The van der Waals surface area contributed by atoms with Crippen molar-refractivity contribution in [2.45, 2.75) is 20.5 Å². The lowest BCUT2D eigenvalue weighted by molar-refractivity contribution is 0.0462. The number of carbonyl (C=O) groups excluding carboxylic acids is 1. The molecule has 0 aliphatic carbocycles. The summed E-state index contributed by atoms with van der Waals surface area (Å²) in [6, 6.07) is 5.65. The van der Waals surface area contributed by atoms with Crippen molar-refractivity contribution in [1.29, 1.82) is 0 Å². The molecule has 2 rings (SSSR count). The van der Waals surface area contributed by atoms with E-state index in [1.54, 1.807) is 0 Å². The highest BCUT2D eigenvalue weighted by molar-refractivity contribution is 5.89. The fourth-order valence-electron chi connectivity index (χ4n) is 1.33. The van der Waals surface area contributed by atoms with Crippen molar-refractivity contribution in [2.24, 2.45) is 0 Å². The van der Waals surface area contributed by atoms with Gasteiger partial charge in [0.1, 0.15) is 5.75 Å². The van der Waals surface area contributed by atoms with Crippen LogP contribution in [0.4, 0.5) is 11.9 Å². The first-order chi connectivity index (χ1) is 10.0. The minimum Gasteiger partial charge on any atom is -0.508 e. The van der Waals surface area contributed by atoms with Crippen molar-refractivity contribution in [1.82, 2.24) is 15.0 Å². The SMILES string of the molecule is CC.Nc1nc(N)nc(COC(=O)c2ccc(O)cc2)n1. The van der Waals surface area contributed by atoms with E-state index in [0.717, 1.165) is 0 Å². The first-order valence-corrected chi connectivity index (χ1v) is 6.26. The molecule has 0 bridgehead atoms. The lowest BCUT2D eigenvalue weighted by Gasteiger charge is -2.05. The Balaban J connectivity index is 0.00000106. The van der Waals surface area contributed by atoms with Gasteiger partial charge in [0.05, 0.1) is 5.56 Å². The van der Waals surface area contributed by atoms with Gasteiger partial charge in [0, 0.05) is 0 Å². The molecule has 21 heavy (non-hydrogen) atoms. The number of phenolic OH excluding ortho intramolecular Hbond substituents is 1. The number of phenols is 1. The van der Waals surface area contributed by atoms with Crippen LogP contribution in [0.15, 0.2) is 24.3 Å². The van der Waals surface area contributed by atoms with Crippen LogP contribution >= 0.6 is 0 Å². The number of anilines is 2. The van der Waals surface area contributed by atoms with Gasteiger partial charge >= 0.3 is 5.97 Å². The molecule has 112 valence electrons. The Hall–Kier alpha value is -2.90. The minimum absolute atomic E-state index is 0.0387. The third-order valence-electron chi connectivity index (χ3n) is 2.15. The normalized spacial score (nSPS) is 9.43. The molecule has 0 aliphatic heterocycles. The predicted molar refractivity (Wildman–Crippen MR) is 77.2 cm³/mol. The monoisotopic (exact) mass is 291 g/mol. The van der Waals surface area contributed by atoms with Crippen molar-refractivity contribution in [3.63, 3.8) is 0 Å². The number of nitrogens with two attached hydrogens (primary N) is 2. The molecular formula is C13H17N5O3. The second kappa shape index (κ2) is 7.63. The molecule has 8 heteroatoms. The maximum atomic E-state index is 11.7. The van der Waals surface area contributed by atoms with E-state index in [-0.39, 0.29) is 30.1 Å². The summed E-state index contributed by atoms with van der Waals surface area (Å²) in [5, 5.41) is 9.10. The molecule has 5 N–H and O–H groups in total. The van der Waals surface area contributed by atoms with E-state index in [1.165, 1.54) is 24.3 Å². The van der Waals surface area contributed by atoms with E-state index in [0.29, 0.717) is 5.56 Å². The molecule has 0 unspecified atom stereocenters. The van der Waals surface area contributed by atoms with E-state index < -0.39 is 5.97 Å². The van der Waals surface area contributed by atoms with Gasteiger partial charge in [-0.25, -0.2) is 4.79 Å². The van der Waals surface area contributed by atoms with E-state index in [2.05, 4.69) is 15.0 Å². The Morgan fingerprint density at radius 3 is 2.14 bits per heavy atom. The van der Waals surface area contributed by atoms with E-state index in [4.69, 9.17) is 21.3 Å². The molecule has 1 aromatic carbocycles. The third-order valence-corrected chi connectivity index (χ3v) is 2.15. The van der Waals surface area contributed by atoms with Gasteiger partial charge in [0.15, 0.2) is 12.4 Å². The second-order valence-electron chi connectivity index (χ2n) is 3.59. The van der Waals surface area contributed by atoms with Gasteiger partial charge in [0.25, 0.3) is 0 Å². The molecule has 0 atom stereocenters. The summed E-state index contributed by atoms with van der Waals surface area (Å²) >= 11 is 0. The quantitative estimate of drug-likeness (QED) is 0.715. The highest BCUT2D eigenvalue weighted by Crippen LogP contribution is 2.11. The van der Waals surface area contributed by atoms with E-state index in [9.17, 15) is 4.79 Å². The number of esters is 1. The Kier molecular flexibility index (Phi) is 5.87. The molecule has 0 spiro atoms. The standard InChI is InChI=1S/C11H11N5O3.C2H6/c12-10-14-8(15-11(13)16-10)5-19-9(18)6-1-3-7(17)4-2-6;1-2/h1-4,17H,5H2,(H4,12,13,14,15,16);1-2H3. The largest absolute Gasteiger partial charge is 0.508 e. The maximum Gasteiger partial charge on any atom is 0.338 e. The summed E-state index contributed by atoms with van der Waals surface area (Å²) < 4.78 is 4.98. The van der Waals surface area contributed by atoms with E-state index in [1.807, 2.05) is 13.8 Å². The number of aromatic nitrogens is 3. The fourth-order valence-corrected chi connectivity index (χ4v) is 1.33. The topological polar surface area (TPSA) is 137 Å². The smallest absolute Gasteiger partial charge is 0.338 e. The highest BCUT2D eigenvalue weighted by atomic mass is 16.5. The average molecular weight is 291 g/mol. The summed E-state index contributed by atoms with van der Waals surface area (Å²) in [7, 11) is 0. The Bertz CT molecular complexity index is 581. The molecule has 1 heterocycles. The molecule has 1 aromatic heterocycles. The zero-order valence-electron chi connectivity index (χ0n) is 11.8. The number of nitrogens with zero attached hydrogens (tertiary/aromatic N) is 3. The predicted octanol–water partition coefficient (Wildman–Crippen LogP) is 1.12. The zero-order chi connectivity index (χ0) is 15.8.